The molecule has 0 heterocycles. The second-order valence-corrected chi connectivity index (χ2v) is 5.22. The van der Waals surface area contributed by atoms with Gasteiger partial charge in [0.05, 0.1) is 13.7 Å². The lowest BCUT2D eigenvalue weighted by Crippen LogP contribution is -2.32. The van der Waals surface area contributed by atoms with Gasteiger partial charge in [0.2, 0.25) is 0 Å². The minimum absolute atomic E-state index is 0.279. The topological polar surface area (TPSA) is 33.7 Å². The third-order valence-corrected chi connectivity index (χ3v) is 3.48. The van der Waals surface area contributed by atoms with E-state index in [1.807, 2.05) is 0 Å². The van der Waals surface area contributed by atoms with Crippen LogP contribution >= 0.6 is 0 Å². The molecule has 1 aromatic carbocycles. The molecule has 0 aliphatic rings. The van der Waals surface area contributed by atoms with Crippen LogP contribution < -0.4 is 10.1 Å². The molecule has 114 valence electrons. The summed E-state index contributed by atoms with van der Waals surface area (Å²) in [5.74, 6) is 0.956. The second kappa shape index (κ2) is 8.95. The van der Waals surface area contributed by atoms with Gasteiger partial charge in [-0.15, -0.1) is 0 Å². The van der Waals surface area contributed by atoms with Gasteiger partial charge in [0, 0.05) is 38.3 Å². The highest BCUT2D eigenvalue weighted by Gasteiger charge is 2.11. The van der Waals surface area contributed by atoms with Crippen LogP contribution in [0, 0.1) is 6.92 Å². The average Bonchev–Trinajstić information content (AvgIpc) is 2.44. The molecule has 1 aromatic rings. The summed E-state index contributed by atoms with van der Waals surface area (Å²) in [5, 5.41) is 3.54. The molecule has 0 aliphatic heterocycles. The Balaban J connectivity index is 2.44. The zero-order chi connectivity index (χ0) is 15.0. The molecule has 4 nitrogen and oxygen atoms in total. The Morgan fingerprint density at radius 2 is 2.00 bits per heavy atom. The fourth-order valence-electron chi connectivity index (χ4n) is 2.12. The van der Waals surface area contributed by atoms with Gasteiger partial charge in [-0.3, -0.25) is 0 Å². The highest BCUT2D eigenvalue weighted by atomic mass is 16.5. The molecular formula is C16H28N2O2. The monoisotopic (exact) mass is 280 g/mol. The van der Waals surface area contributed by atoms with E-state index in [2.05, 4.69) is 49.3 Å². The molecule has 1 atom stereocenters. The van der Waals surface area contributed by atoms with Crippen LogP contribution in [-0.4, -0.2) is 52.4 Å². The lowest BCUT2D eigenvalue weighted by molar-refractivity contribution is 0.161. The maximum Gasteiger partial charge on any atom is 0.123 e. The number of methoxy groups -OCH3 is 2. The van der Waals surface area contributed by atoms with Gasteiger partial charge in [-0.1, -0.05) is 12.1 Å². The summed E-state index contributed by atoms with van der Waals surface area (Å²) in [4.78, 5) is 2.26. The Kier molecular flexibility index (Phi) is 7.59. The zero-order valence-electron chi connectivity index (χ0n) is 13.4. The van der Waals surface area contributed by atoms with E-state index in [9.17, 15) is 0 Å². The fourth-order valence-corrected chi connectivity index (χ4v) is 2.12. The molecule has 0 bridgehead atoms. The molecular weight excluding hydrogens is 252 g/mol. The maximum absolute atomic E-state index is 5.46. The van der Waals surface area contributed by atoms with Crippen molar-refractivity contribution >= 4 is 0 Å². The first kappa shape index (κ1) is 17.0. The standard InChI is InChI=1S/C16H28N2O2/c1-13-6-7-15(16(12-13)20-5)14(2)17-8-9-18(3)10-11-19-4/h6-7,12,14,17H,8-11H2,1-5H3. The Labute approximate surface area is 123 Å². The van der Waals surface area contributed by atoms with Crippen molar-refractivity contribution in [2.75, 3.05) is 47.5 Å². The molecule has 0 spiro atoms. The van der Waals surface area contributed by atoms with Gasteiger partial charge in [-0.2, -0.15) is 0 Å². The molecule has 1 unspecified atom stereocenters. The summed E-state index contributed by atoms with van der Waals surface area (Å²) in [5.41, 5.74) is 2.43. The van der Waals surface area contributed by atoms with Gasteiger partial charge in [0.15, 0.2) is 0 Å². The van der Waals surface area contributed by atoms with Crippen LogP contribution in [0.5, 0.6) is 5.75 Å². The van der Waals surface area contributed by atoms with E-state index in [4.69, 9.17) is 9.47 Å². The number of aryl methyl sites for hydroxylation is 1. The van der Waals surface area contributed by atoms with Crippen molar-refractivity contribution in [2.24, 2.45) is 0 Å². The molecule has 0 saturated carbocycles. The number of hydrogen-bond acceptors (Lipinski definition) is 4. The largest absolute Gasteiger partial charge is 0.496 e. The molecule has 20 heavy (non-hydrogen) atoms. The van der Waals surface area contributed by atoms with Crippen LogP contribution in [0.2, 0.25) is 0 Å². The molecule has 0 fully saturated rings. The van der Waals surface area contributed by atoms with E-state index in [0.717, 1.165) is 32.0 Å². The lowest BCUT2D eigenvalue weighted by Gasteiger charge is -2.20. The smallest absolute Gasteiger partial charge is 0.123 e. The van der Waals surface area contributed by atoms with Crippen LogP contribution in [0.1, 0.15) is 24.1 Å². The highest BCUT2D eigenvalue weighted by Crippen LogP contribution is 2.25. The third-order valence-electron chi connectivity index (χ3n) is 3.48. The number of nitrogens with one attached hydrogen (secondary N) is 1. The van der Waals surface area contributed by atoms with Crippen LogP contribution in [0.25, 0.3) is 0 Å². The summed E-state index contributed by atoms with van der Waals surface area (Å²) in [6.45, 7) is 7.93. The van der Waals surface area contributed by atoms with Crippen molar-refractivity contribution in [1.29, 1.82) is 0 Å². The second-order valence-electron chi connectivity index (χ2n) is 5.22. The summed E-state index contributed by atoms with van der Waals surface area (Å²) in [7, 11) is 5.57. The summed E-state index contributed by atoms with van der Waals surface area (Å²) < 4.78 is 10.5. The quantitative estimate of drug-likeness (QED) is 0.752. The number of benzene rings is 1. The first-order valence-electron chi connectivity index (χ1n) is 7.14. The number of nitrogens with zero attached hydrogens (tertiary/aromatic N) is 1. The Morgan fingerprint density at radius 1 is 1.25 bits per heavy atom. The van der Waals surface area contributed by atoms with E-state index < -0.39 is 0 Å². The third kappa shape index (κ3) is 5.49. The Hall–Kier alpha value is -1.10. The van der Waals surface area contributed by atoms with Gasteiger partial charge in [-0.05, 0) is 32.5 Å². The van der Waals surface area contributed by atoms with Crippen LogP contribution in [0.4, 0.5) is 0 Å². The predicted molar refractivity (Wildman–Crippen MR) is 83.5 cm³/mol. The van der Waals surface area contributed by atoms with Crippen LogP contribution in [0.15, 0.2) is 18.2 Å². The Bertz CT molecular complexity index is 396. The number of rotatable bonds is 9. The van der Waals surface area contributed by atoms with Crippen molar-refractivity contribution < 1.29 is 9.47 Å². The van der Waals surface area contributed by atoms with Gasteiger partial charge in [0.1, 0.15) is 5.75 Å². The summed E-state index contributed by atoms with van der Waals surface area (Å²) in [6, 6.07) is 6.63. The van der Waals surface area contributed by atoms with Crippen molar-refractivity contribution in [3.05, 3.63) is 29.3 Å². The van der Waals surface area contributed by atoms with Crippen molar-refractivity contribution in [2.45, 2.75) is 19.9 Å². The van der Waals surface area contributed by atoms with Gasteiger partial charge in [0.25, 0.3) is 0 Å². The fraction of sp³-hybridized carbons (Fsp3) is 0.625. The Morgan fingerprint density at radius 3 is 2.65 bits per heavy atom. The predicted octanol–water partition coefficient (Wildman–Crippen LogP) is 2.23. The maximum atomic E-state index is 5.46. The molecule has 0 aromatic heterocycles. The number of likely N-dealkylation sites (N-methyl/N-ethyl adjacent to an activating group) is 1. The average molecular weight is 280 g/mol. The van der Waals surface area contributed by atoms with E-state index >= 15 is 0 Å². The van der Waals surface area contributed by atoms with Crippen LogP contribution in [0.3, 0.4) is 0 Å². The van der Waals surface area contributed by atoms with E-state index in [-0.39, 0.29) is 6.04 Å². The van der Waals surface area contributed by atoms with Crippen molar-refractivity contribution in [3.8, 4) is 5.75 Å². The zero-order valence-corrected chi connectivity index (χ0v) is 13.4. The highest BCUT2D eigenvalue weighted by molar-refractivity contribution is 5.38. The van der Waals surface area contributed by atoms with Crippen molar-refractivity contribution in [3.63, 3.8) is 0 Å². The van der Waals surface area contributed by atoms with Crippen LogP contribution in [-0.2, 0) is 4.74 Å². The number of ether oxygens (including phenoxy) is 2. The minimum Gasteiger partial charge on any atom is -0.496 e. The molecule has 1 N–H and O–H groups in total. The molecule has 0 saturated heterocycles. The first-order chi connectivity index (χ1) is 9.58. The van der Waals surface area contributed by atoms with E-state index in [0.29, 0.717) is 0 Å². The normalized spacial score (nSPS) is 12.7. The summed E-state index contributed by atoms with van der Waals surface area (Å²) in [6.07, 6.45) is 0. The van der Waals surface area contributed by atoms with Crippen molar-refractivity contribution in [1.82, 2.24) is 10.2 Å². The summed E-state index contributed by atoms with van der Waals surface area (Å²) >= 11 is 0. The first-order valence-corrected chi connectivity index (χ1v) is 7.14. The molecule has 0 aliphatic carbocycles. The van der Waals surface area contributed by atoms with E-state index in [1.54, 1.807) is 14.2 Å². The minimum atomic E-state index is 0.279. The molecule has 0 amide bonds. The SMILES string of the molecule is COCCN(C)CCNC(C)c1ccc(C)cc1OC. The molecule has 1 rings (SSSR count). The lowest BCUT2D eigenvalue weighted by atomic mass is 10.0. The van der Waals surface area contributed by atoms with Gasteiger partial charge in [-0.25, -0.2) is 0 Å². The molecule has 0 radical (unpaired) electrons. The van der Waals surface area contributed by atoms with Gasteiger partial charge < -0.3 is 19.7 Å². The van der Waals surface area contributed by atoms with E-state index in [1.165, 1.54) is 11.1 Å². The molecule has 4 heteroatoms. The van der Waals surface area contributed by atoms with Gasteiger partial charge >= 0.3 is 0 Å². The number of hydrogen-bond donors (Lipinski definition) is 1.